The third-order valence-corrected chi connectivity index (χ3v) is 3.49. The Morgan fingerprint density at radius 1 is 1.45 bits per heavy atom. The smallest absolute Gasteiger partial charge is 0.122 e. The summed E-state index contributed by atoms with van der Waals surface area (Å²) in [5, 5.41) is 8.03. The molecule has 3 N–H and O–H groups in total. The molecule has 0 unspecified atom stereocenters. The van der Waals surface area contributed by atoms with Crippen molar-refractivity contribution in [3.63, 3.8) is 0 Å². The summed E-state index contributed by atoms with van der Waals surface area (Å²) in [5.74, 6) is 1.03. The minimum absolute atomic E-state index is 0.0276. The van der Waals surface area contributed by atoms with Crippen LogP contribution in [0.25, 0.3) is 0 Å². The number of benzene rings is 1. The molecular formula is C14H18ClN5. The van der Waals surface area contributed by atoms with Gasteiger partial charge in [-0.1, -0.05) is 23.7 Å². The zero-order chi connectivity index (χ0) is 14.7. The molecule has 0 saturated carbocycles. The van der Waals surface area contributed by atoms with Crippen molar-refractivity contribution in [2.24, 2.45) is 12.8 Å². The number of amidine groups is 1. The Kier molecular flexibility index (Phi) is 4.42. The van der Waals surface area contributed by atoms with Crippen molar-refractivity contribution in [3.05, 3.63) is 52.6 Å². The molecule has 0 aliphatic rings. The van der Waals surface area contributed by atoms with Crippen LogP contribution in [0.5, 0.6) is 0 Å². The SMILES string of the molecule is CN(Cc1ccc(C(=N)N)cc1Cl)Cc1nccn1C. The molecule has 20 heavy (non-hydrogen) atoms. The molecule has 0 radical (unpaired) electrons. The zero-order valence-corrected chi connectivity index (χ0v) is 12.4. The number of nitrogens with zero attached hydrogens (tertiary/aromatic N) is 3. The first-order chi connectivity index (χ1) is 9.47. The van der Waals surface area contributed by atoms with Crippen molar-refractivity contribution in [3.8, 4) is 0 Å². The molecule has 0 aliphatic heterocycles. The predicted octanol–water partition coefficient (Wildman–Crippen LogP) is 1.99. The van der Waals surface area contributed by atoms with E-state index in [2.05, 4.69) is 9.88 Å². The lowest BCUT2D eigenvalue weighted by Crippen LogP contribution is -2.20. The van der Waals surface area contributed by atoms with Crippen LogP contribution >= 0.6 is 11.6 Å². The average molecular weight is 292 g/mol. The van der Waals surface area contributed by atoms with E-state index in [1.54, 1.807) is 12.3 Å². The summed E-state index contributed by atoms with van der Waals surface area (Å²) in [4.78, 5) is 6.44. The normalized spacial score (nSPS) is 11.0. The van der Waals surface area contributed by atoms with Crippen molar-refractivity contribution in [1.82, 2.24) is 14.5 Å². The Bertz CT molecular complexity index is 620. The van der Waals surface area contributed by atoms with Crippen LogP contribution in [0.1, 0.15) is 17.0 Å². The minimum Gasteiger partial charge on any atom is -0.384 e. The molecule has 0 bridgehead atoms. The van der Waals surface area contributed by atoms with Crippen molar-refractivity contribution in [2.45, 2.75) is 13.1 Å². The van der Waals surface area contributed by atoms with E-state index in [9.17, 15) is 0 Å². The highest BCUT2D eigenvalue weighted by molar-refractivity contribution is 6.31. The highest BCUT2D eigenvalue weighted by Gasteiger charge is 2.09. The molecule has 0 amide bonds. The van der Waals surface area contributed by atoms with Gasteiger partial charge in [0, 0.05) is 36.6 Å². The third kappa shape index (κ3) is 3.37. The van der Waals surface area contributed by atoms with Gasteiger partial charge < -0.3 is 10.3 Å². The molecule has 2 rings (SSSR count). The average Bonchev–Trinajstić information content (AvgIpc) is 2.77. The summed E-state index contributed by atoms with van der Waals surface area (Å²) in [6.07, 6.45) is 3.72. The minimum atomic E-state index is 0.0276. The molecule has 0 fully saturated rings. The first-order valence-corrected chi connectivity index (χ1v) is 6.62. The van der Waals surface area contributed by atoms with Crippen molar-refractivity contribution >= 4 is 17.4 Å². The lowest BCUT2D eigenvalue weighted by molar-refractivity contribution is 0.307. The van der Waals surface area contributed by atoms with Gasteiger partial charge in [0.05, 0.1) is 6.54 Å². The number of rotatable bonds is 5. The van der Waals surface area contributed by atoms with Gasteiger partial charge in [0.1, 0.15) is 11.7 Å². The molecule has 6 heteroatoms. The summed E-state index contributed by atoms with van der Waals surface area (Å²) in [6, 6.07) is 5.46. The lowest BCUT2D eigenvalue weighted by Gasteiger charge is -2.17. The highest BCUT2D eigenvalue weighted by Crippen LogP contribution is 2.19. The summed E-state index contributed by atoms with van der Waals surface area (Å²) in [7, 11) is 3.99. The number of aromatic nitrogens is 2. The topological polar surface area (TPSA) is 70.9 Å². The number of hydrogen-bond donors (Lipinski definition) is 2. The molecule has 0 atom stereocenters. The van der Waals surface area contributed by atoms with Gasteiger partial charge in [0.2, 0.25) is 0 Å². The zero-order valence-electron chi connectivity index (χ0n) is 11.6. The van der Waals surface area contributed by atoms with Crippen molar-refractivity contribution in [1.29, 1.82) is 5.41 Å². The molecule has 2 aromatic rings. The Labute approximate surface area is 123 Å². The van der Waals surface area contributed by atoms with E-state index in [4.69, 9.17) is 22.7 Å². The van der Waals surface area contributed by atoms with Crippen LogP contribution in [0.2, 0.25) is 5.02 Å². The van der Waals surface area contributed by atoms with Crippen LogP contribution in [0.3, 0.4) is 0 Å². The molecule has 106 valence electrons. The van der Waals surface area contributed by atoms with E-state index in [1.807, 2.05) is 37.0 Å². The van der Waals surface area contributed by atoms with Gasteiger partial charge in [-0.05, 0) is 18.7 Å². The molecule has 0 saturated heterocycles. The first kappa shape index (κ1) is 14.6. The number of imidazole rings is 1. The Balaban J connectivity index is 2.06. The largest absolute Gasteiger partial charge is 0.384 e. The fourth-order valence-corrected chi connectivity index (χ4v) is 2.22. The number of halogens is 1. The molecule has 1 aromatic heterocycles. The molecule has 5 nitrogen and oxygen atoms in total. The van der Waals surface area contributed by atoms with Gasteiger partial charge in [-0.25, -0.2) is 4.98 Å². The second-order valence-corrected chi connectivity index (χ2v) is 5.25. The fourth-order valence-electron chi connectivity index (χ4n) is 1.98. The van der Waals surface area contributed by atoms with E-state index >= 15 is 0 Å². The number of nitrogens with two attached hydrogens (primary N) is 1. The van der Waals surface area contributed by atoms with Gasteiger partial charge in [-0.15, -0.1) is 0 Å². The van der Waals surface area contributed by atoms with Gasteiger partial charge >= 0.3 is 0 Å². The standard InChI is InChI=1S/C14H18ClN5/c1-19(9-13-18-5-6-20(13)2)8-11-4-3-10(14(16)17)7-12(11)15/h3-7H,8-9H2,1-2H3,(H3,16,17). The summed E-state index contributed by atoms with van der Waals surface area (Å²) in [5.41, 5.74) is 7.10. The predicted molar refractivity (Wildman–Crippen MR) is 80.8 cm³/mol. The number of hydrogen-bond acceptors (Lipinski definition) is 3. The Morgan fingerprint density at radius 2 is 2.20 bits per heavy atom. The van der Waals surface area contributed by atoms with Crippen molar-refractivity contribution in [2.75, 3.05) is 7.05 Å². The molecule has 0 spiro atoms. The number of nitrogens with one attached hydrogen (secondary N) is 1. The van der Waals surface area contributed by atoms with Crippen LogP contribution < -0.4 is 5.73 Å². The second-order valence-electron chi connectivity index (χ2n) is 4.85. The fraction of sp³-hybridized carbons (Fsp3) is 0.286. The maximum Gasteiger partial charge on any atom is 0.122 e. The Hall–Kier alpha value is -1.85. The lowest BCUT2D eigenvalue weighted by atomic mass is 10.1. The van der Waals surface area contributed by atoms with Crippen LogP contribution in [-0.2, 0) is 20.1 Å². The van der Waals surface area contributed by atoms with E-state index in [1.165, 1.54) is 0 Å². The number of aryl methyl sites for hydroxylation is 1. The van der Waals surface area contributed by atoms with E-state index in [0.29, 0.717) is 17.1 Å². The maximum atomic E-state index is 7.40. The van der Waals surface area contributed by atoms with Crippen LogP contribution in [-0.4, -0.2) is 27.3 Å². The number of nitrogen functional groups attached to an aromatic ring is 1. The second kappa shape index (κ2) is 6.07. The maximum absolute atomic E-state index is 7.40. The van der Waals surface area contributed by atoms with E-state index in [0.717, 1.165) is 17.9 Å². The van der Waals surface area contributed by atoms with Crippen molar-refractivity contribution < 1.29 is 0 Å². The molecule has 1 heterocycles. The summed E-state index contributed by atoms with van der Waals surface area (Å²) < 4.78 is 2.00. The molecule has 1 aromatic carbocycles. The van der Waals surface area contributed by atoms with Crippen LogP contribution in [0.4, 0.5) is 0 Å². The molecule has 0 aliphatic carbocycles. The van der Waals surface area contributed by atoms with Gasteiger partial charge in [-0.2, -0.15) is 0 Å². The molecular weight excluding hydrogens is 274 g/mol. The monoisotopic (exact) mass is 291 g/mol. The van der Waals surface area contributed by atoms with Gasteiger partial charge in [-0.3, -0.25) is 10.3 Å². The van der Waals surface area contributed by atoms with E-state index in [-0.39, 0.29) is 5.84 Å². The van der Waals surface area contributed by atoms with E-state index < -0.39 is 0 Å². The summed E-state index contributed by atoms with van der Waals surface area (Å²) in [6.45, 7) is 1.46. The third-order valence-electron chi connectivity index (χ3n) is 3.14. The first-order valence-electron chi connectivity index (χ1n) is 6.25. The summed E-state index contributed by atoms with van der Waals surface area (Å²) >= 11 is 6.23. The quantitative estimate of drug-likeness (QED) is 0.654. The van der Waals surface area contributed by atoms with Gasteiger partial charge in [0.15, 0.2) is 0 Å². The van der Waals surface area contributed by atoms with Crippen LogP contribution in [0, 0.1) is 5.41 Å². The highest BCUT2D eigenvalue weighted by atomic mass is 35.5. The Morgan fingerprint density at radius 3 is 2.75 bits per heavy atom. The van der Waals surface area contributed by atoms with Crippen LogP contribution in [0.15, 0.2) is 30.6 Å². The van der Waals surface area contributed by atoms with Gasteiger partial charge in [0.25, 0.3) is 0 Å².